The van der Waals surface area contributed by atoms with E-state index in [2.05, 4.69) is 13.8 Å². The minimum Gasteiger partial charge on any atom is -0.370 e. The molecule has 2 rings (SSSR count). The molecule has 1 heterocycles. The molecule has 2 heteroatoms. The van der Waals surface area contributed by atoms with Gasteiger partial charge in [0.2, 0.25) is 0 Å². The van der Waals surface area contributed by atoms with Gasteiger partial charge in [0.05, 0.1) is 11.7 Å². The highest BCUT2D eigenvalue weighted by molar-refractivity contribution is 4.96. The highest BCUT2D eigenvalue weighted by Crippen LogP contribution is 2.46. The molecule has 2 aliphatic rings. The third-order valence-electron chi connectivity index (χ3n) is 4.27. The first-order chi connectivity index (χ1) is 6.66. The van der Waals surface area contributed by atoms with Gasteiger partial charge in [-0.05, 0) is 43.9 Å². The molecule has 0 amide bonds. The van der Waals surface area contributed by atoms with Gasteiger partial charge in [-0.3, -0.25) is 0 Å². The average Bonchev–Trinajstić information content (AvgIpc) is 2.58. The van der Waals surface area contributed by atoms with Crippen LogP contribution in [0.5, 0.6) is 0 Å². The Balaban J connectivity index is 2.02. The zero-order chi connectivity index (χ0) is 10.2. The van der Waals surface area contributed by atoms with E-state index in [1.165, 1.54) is 32.1 Å². The largest absolute Gasteiger partial charge is 0.370 e. The molecule has 1 saturated carbocycles. The van der Waals surface area contributed by atoms with Gasteiger partial charge in [0.1, 0.15) is 0 Å². The molecule has 82 valence electrons. The quantitative estimate of drug-likeness (QED) is 0.700. The first-order valence-corrected chi connectivity index (χ1v) is 6.04. The molecule has 1 aliphatic heterocycles. The van der Waals surface area contributed by atoms with E-state index in [1.807, 2.05) is 0 Å². The fraction of sp³-hybridized carbons (Fsp3) is 1.00. The minimum atomic E-state index is 0.205. The Hall–Kier alpha value is -0.0800. The van der Waals surface area contributed by atoms with Gasteiger partial charge in [-0.2, -0.15) is 0 Å². The zero-order valence-corrected chi connectivity index (χ0v) is 9.46. The summed E-state index contributed by atoms with van der Waals surface area (Å²) in [5.41, 5.74) is 5.88. The van der Waals surface area contributed by atoms with E-state index in [-0.39, 0.29) is 5.60 Å². The van der Waals surface area contributed by atoms with Crippen LogP contribution in [0.15, 0.2) is 0 Å². The molecule has 14 heavy (non-hydrogen) atoms. The Bertz CT molecular complexity index is 206. The van der Waals surface area contributed by atoms with Gasteiger partial charge in [-0.15, -0.1) is 0 Å². The van der Waals surface area contributed by atoms with Gasteiger partial charge in [0.15, 0.2) is 0 Å². The predicted octanol–water partition coefficient (Wildman–Crippen LogP) is 2.32. The fourth-order valence-corrected chi connectivity index (χ4v) is 3.24. The summed E-state index contributed by atoms with van der Waals surface area (Å²) in [6, 6.07) is 0. The van der Waals surface area contributed by atoms with E-state index >= 15 is 0 Å². The molecule has 0 aromatic rings. The molecular weight excluding hydrogens is 174 g/mol. The number of nitrogens with two attached hydrogens (primary N) is 1. The van der Waals surface area contributed by atoms with Crippen LogP contribution in [-0.2, 0) is 4.74 Å². The average molecular weight is 197 g/mol. The van der Waals surface area contributed by atoms with Crippen molar-refractivity contribution in [2.75, 3.05) is 6.54 Å². The summed E-state index contributed by atoms with van der Waals surface area (Å²) in [5.74, 6) is 1.61. The van der Waals surface area contributed by atoms with E-state index in [9.17, 15) is 0 Å². The molecule has 2 N–H and O–H groups in total. The first kappa shape index (κ1) is 10.4. The van der Waals surface area contributed by atoms with Gasteiger partial charge in [-0.25, -0.2) is 0 Å². The highest BCUT2D eigenvalue weighted by Gasteiger charge is 2.46. The van der Waals surface area contributed by atoms with Crippen molar-refractivity contribution >= 4 is 0 Å². The predicted molar refractivity (Wildman–Crippen MR) is 58.1 cm³/mol. The molecule has 2 nitrogen and oxygen atoms in total. The van der Waals surface area contributed by atoms with E-state index in [0.29, 0.717) is 12.6 Å². The first-order valence-electron chi connectivity index (χ1n) is 6.04. The normalized spacial score (nSPS) is 48.6. The lowest BCUT2D eigenvalue weighted by atomic mass is 9.71. The van der Waals surface area contributed by atoms with Gasteiger partial charge >= 0.3 is 0 Å². The van der Waals surface area contributed by atoms with E-state index in [0.717, 1.165) is 11.8 Å². The van der Waals surface area contributed by atoms with Crippen LogP contribution in [0.1, 0.15) is 46.0 Å². The van der Waals surface area contributed by atoms with Crippen LogP contribution in [0.2, 0.25) is 0 Å². The maximum absolute atomic E-state index is 6.17. The van der Waals surface area contributed by atoms with Crippen LogP contribution < -0.4 is 5.73 Å². The van der Waals surface area contributed by atoms with Crippen LogP contribution in [0, 0.1) is 11.8 Å². The molecule has 0 bridgehead atoms. The summed E-state index contributed by atoms with van der Waals surface area (Å²) in [7, 11) is 0. The molecule has 4 atom stereocenters. The van der Waals surface area contributed by atoms with Crippen LogP contribution in [0.25, 0.3) is 0 Å². The smallest absolute Gasteiger partial charge is 0.0713 e. The van der Waals surface area contributed by atoms with Crippen molar-refractivity contribution in [3.8, 4) is 0 Å². The van der Waals surface area contributed by atoms with Crippen molar-refractivity contribution in [2.24, 2.45) is 17.6 Å². The van der Waals surface area contributed by atoms with Crippen LogP contribution in [0.3, 0.4) is 0 Å². The topological polar surface area (TPSA) is 35.2 Å². The Morgan fingerprint density at radius 1 is 1.29 bits per heavy atom. The lowest BCUT2D eigenvalue weighted by molar-refractivity contribution is -0.0999. The summed E-state index contributed by atoms with van der Waals surface area (Å²) in [6.45, 7) is 5.41. The summed E-state index contributed by atoms with van der Waals surface area (Å²) >= 11 is 0. The molecule has 1 saturated heterocycles. The van der Waals surface area contributed by atoms with Crippen molar-refractivity contribution in [3.63, 3.8) is 0 Å². The third-order valence-corrected chi connectivity index (χ3v) is 4.27. The Labute approximate surface area is 87.2 Å². The number of hydrogen-bond acceptors (Lipinski definition) is 2. The SMILES string of the molecule is CC1CCC2(CCC(CN)O2)C(C)C1. The maximum Gasteiger partial charge on any atom is 0.0713 e. The van der Waals surface area contributed by atoms with E-state index in [4.69, 9.17) is 10.5 Å². The van der Waals surface area contributed by atoms with Gasteiger partial charge in [-0.1, -0.05) is 13.8 Å². The van der Waals surface area contributed by atoms with Gasteiger partial charge < -0.3 is 10.5 Å². The third kappa shape index (κ3) is 1.70. The van der Waals surface area contributed by atoms with Crippen molar-refractivity contribution in [1.82, 2.24) is 0 Å². The highest BCUT2D eigenvalue weighted by atomic mass is 16.5. The fourth-order valence-electron chi connectivity index (χ4n) is 3.24. The summed E-state index contributed by atoms with van der Waals surface area (Å²) in [6.07, 6.45) is 6.67. The molecule has 4 unspecified atom stereocenters. The van der Waals surface area contributed by atoms with Crippen LogP contribution >= 0.6 is 0 Å². The number of hydrogen-bond donors (Lipinski definition) is 1. The van der Waals surface area contributed by atoms with Gasteiger partial charge in [0.25, 0.3) is 0 Å². The van der Waals surface area contributed by atoms with E-state index < -0.39 is 0 Å². The van der Waals surface area contributed by atoms with Crippen molar-refractivity contribution in [2.45, 2.75) is 57.7 Å². The maximum atomic E-state index is 6.17. The molecular formula is C12H23NO. The molecule has 1 spiro atoms. The second kappa shape index (κ2) is 3.82. The van der Waals surface area contributed by atoms with Gasteiger partial charge in [0, 0.05) is 6.54 Å². The Kier molecular flexibility index (Phi) is 2.85. The molecule has 0 radical (unpaired) electrons. The minimum absolute atomic E-state index is 0.205. The molecule has 1 aliphatic carbocycles. The second-order valence-corrected chi connectivity index (χ2v) is 5.36. The lowest BCUT2D eigenvalue weighted by Gasteiger charge is -2.41. The lowest BCUT2D eigenvalue weighted by Crippen LogP contribution is -2.42. The monoisotopic (exact) mass is 197 g/mol. The molecule has 2 fully saturated rings. The molecule has 0 aromatic carbocycles. The summed E-state index contributed by atoms with van der Waals surface area (Å²) < 4.78 is 6.17. The standard InChI is InChI=1S/C12H23NO/c1-9-3-5-12(10(2)7-9)6-4-11(8-13)14-12/h9-11H,3-8,13H2,1-2H3. The number of rotatable bonds is 1. The number of ether oxygens (including phenoxy) is 1. The van der Waals surface area contributed by atoms with E-state index in [1.54, 1.807) is 0 Å². The zero-order valence-electron chi connectivity index (χ0n) is 9.46. The molecule has 0 aromatic heterocycles. The van der Waals surface area contributed by atoms with Crippen molar-refractivity contribution in [1.29, 1.82) is 0 Å². The second-order valence-electron chi connectivity index (χ2n) is 5.36. The summed E-state index contributed by atoms with van der Waals surface area (Å²) in [5, 5.41) is 0. The van der Waals surface area contributed by atoms with Crippen LogP contribution in [-0.4, -0.2) is 18.2 Å². The Morgan fingerprint density at radius 3 is 2.57 bits per heavy atom. The summed E-state index contributed by atoms with van der Waals surface area (Å²) in [4.78, 5) is 0. The van der Waals surface area contributed by atoms with Crippen LogP contribution in [0.4, 0.5) is 0 Å². The Morgan fingerprint density at radius 2 is 2.00 bits per heavy atom. The van der Waals surface area contributed by atoms with Crippen molar-refractivity contribution < 1.29 is 4.74 Å². The van der Waals surface area contributed by atoms with Crippen molar-refractivity contribution in [3.05, 3.63) is 0 Å².